The van der Waals surface area contributed by atoms with Gasteiger partial charge in [0, 0.05) is 11.1 Å². The van der Waals surface area contributed by atoms with Gasteiger partial charge in [0.15, 0.2) is 5.16 Å². The molecule has 1 aliphatic carbocycles. The van der Waals surface area contributed by atoms with Crippen LogP contribution in [-0.4, -0.2) is 33.9 Å². The molecule has 1 heterocycles. The highest BCUT2D eigenvalue weighted by molar-refractivity contribution is 8.00. The number of carbonyl (C=O) groups excluding carboxylic acids is 1. The number of hydrogen-bond acceptors (Lipinski definition) is 5. The lowest BCUT2D eigenvalue weighted by Gasteiger charge is -2.19. The Morgan fingerprint density at radius 3 is 2.74 bits per heavy atom. The number of nitrogens with zero attached hydrogens (tertiary/aromatic N) is 2. The van der Waals surface area contributed by atoms with Crippen LogP contribution in [0.4, 0.5) is 0 Å². The van der Waals surface area contributed by atoms with Crippen LogP contribution in [0.2, 0.25) is 5.02 Å². The van der Waals surface area contributed by atoms with Crippen LogP contribution in [0, 0.1) is 0 Å². The Kier molecular flexibility index (Phi) is 6.53. The van der Waals surface area contributed by atoms with Gasteiger partial charge >= 0.3 is 0 Å². The summed E-state index contributed by atoms with van der Waals surface area (Å²) in [5, 5.41) is 4.05. The van der Waals surface area contributed by atoms with E-state index in [0.29, 0.717) is 32.5 Å². The molecule has 31 heavy (non-hydrogen) atoms. The summed E-state index contributed by atoms with van der Waals surface area (Å²) in [7, 11) is 1.56. The number of nitrogens with one attached hydrogen (secondary N) is 1. The molecule has 6 nitrogen and oxygen atoms in total. The van der Waals surface area contributed by atoms with Gasteiger partial charge in [-0.3, -0.25) is 14.2 Å². The average Bonchev–Trinajstić information content (AvgIpc) is 3.26. The third kappa shape index (κ3) is 4.57. The van der Waals surface area contributed by atoms with E-state index < -0.39 is 5.25 Å². The molecule has 3 aromatic rings. The van der Waals surface area contributed by atoms with Crippen LogP contribution in [0.1, 0.15) is 32.6 Å². The first-order valence-electron chi connectivity index (χ1n) is 10.3. The van der Waals surface area contributed by atoms with Gasteiger partial charge in [-0.25, -0.2) is 4.98 Å². The van der Waals surface area contributed by atoms with Crippen molar-refractivity contribution in [3.63, 3.8) is 0 Å². The first-order chi connectivity index (χ1) is 15.0. The van der Waals surface area contributed by atoms with Crippen molar-refractivity contribution in [2.45, 2.75) is 49.1 Å². The Morgan fingerprint density at radius 1 is 1.26 bits per heavy atom. The standard InChI is InChI=1S/C23H24ClN3O3S/c1-14(21(28)25-16-7-3-4-8-16)31-23-26-18-13-15(24)11-12-17(18)22(29)27(23)19-9-5-6-10-20(19)30-2/h5-6,9-14,16H,3-4,7-8H2,1-2H3,(H,25,28). The molecule has 162 valence electrons. The highest BCUT2D eigenvalue weighted by Gasteiger charge is 2.24. The van der Waals surface area contributed by atoms with Gasteiger partial charge in [0.2, 0.25) is 5.91 Å². The largest absolute Gasteiger partial charge is 0.495 e. The molecule has 0 spiro atoms. The van der Waals surface area contributed by atoms with E-state index in [4.69, 9.17) is 21.3 Å². The second-order valence-electron chi connectivity index (χ2n) is 7.62. The molecule has 1 aliphatic rings. The third-order valence-electron chi connectivity index (χ3n) is 5.48. The number of benzene rings is 2. The van der Waals surface area contributed by atoms with Crippen molar-refractivity contribution in [3.8, 4) is 11.4 Å². The number of hydrogen-bond donors (Lipinski definition) is 1. The van der Waals surface area contributed by atoms with Crippen molar-refractivity contribution in [1.82, 2.24) is 14.9 Å². The maximum absolute atomic E-state index is 13.5. The van der Waals surface area contributed by atoms with Crippen molar-refractivity contribution in [1.29, 1.82) is 0 Å². The number of amides is 1. The summed E-state index contributed by atoms with van der Waals surface area (Å²) in [4.78, 5) is 31.0. The number of ether oxygens (including phenoxy) is 1. The summed E-state index contributed by atoms with van der Waals surface area (Å²) in [5.74, 6) is 0.494. The van der Waals surface area contributed by atoms with Gasteiger partial charge in [-0.15, -0.1) is 0 Å². The van der Waals surface area contributed by atoms with Crippen LogP contribution in [0.25, 0.3) is 16.6 Å². The monoisotopic (exact) mass is 457 g/mol. The molecule has 1 unspecified atom stereocenters. The summed E-state index contributed by atoms with van der Waals surface area (Å²) in [6.45, 7) is 1.83. The predicted octanol–water partition coefficient (Wildman–Crippen LogP) is 4.59. The van der Waals surface area contributed by atoms with Crippen molar-refractivity contribution in [2.24, 2.45) is 0 Å². The molecule has 2 aromatic carbocycles. The zero-order chi connectivity index (χ0) is 22.0. The van der Waals surface area contributed by atoms with E-state index in [9.17, 15) is 9.59 Å². The topological polar surface area (TPSA) is 73.2 Å². The minimum atomic E-state index is -0.426. The Morgan fingerprint density at radius 2 is 2.00 bits per heavy atom. The van der Waals surface area contributed by atoms with Crippen LogP contribution < -0.4 is 15.6 Å². The SMILES string of the molecule is COc1ccccc1-n1c(SC(C)C(=O)NC2CCCC2)nc2cc(Cl)ccc2c1=O. The number of carbonyl (C=O) groups is 1. The molecule has 8 heteroatoms. The Labute approximate surface area is 190 Å². The number of thioether (sulfide) groups is 1. The van der Waals surface area contributed by atoms with Gasteiger partial charge in [0.25, 0.3) is 5.56 Å². The van der Waals surface area contributed by atoms with Crippen molar-refractivity contribution >= 4 is 40.2 Å². The molecule has 0 saturated heterocycles. The molecule has 1 saturated carbocycles. The van der Waals surface area contributed by atoms with Crippen LogP contribution in [0.5, 0.6) is 5.75 Å². The highest BCUT2D eigenvalue weighted by atomic mass is 35.5. The molecule has 1 N–H and O–H groups in total. The number of methoxy groups -OCH3 is 1. The smallest absolute Gasteiger partial charge is 0.266 e. The first kappa shape index (κ1) is 21.7. The fourth-order valence-electron chi connectivity index (χ4n) is 3.84. The Hall–Kier alpha value is -2.51. The summed E-state index contributed by atoms with van der Waals surface area (Å²) in [6, 6.07) is 12.5. The normalized spacial score (nSPS) is 15.2. The lowest BCUT2D eigenvalue weighted by Crippen LogP contribution is -2.38. The molecule has 0 bridgehead atoms. The van der Waals surface area contributed by atoms with Crippen LogP contribution >= 0.6 is 23.4 Å². The van der Waals surface area contributed by atoms with Gasteiger partial charge in [-0.05, 0) is 50.1 Å². The van der Waals surface area contributed by atoms with Gasteiger partial charge in [0.1, 0.15) is 5.75 Å². The van der Waals surface area contributed by atoms with E-state index in [1.807, 2.05) is 19.1 Å². The molecular formula is C23H24ClN3O3S. The van der Waals surface area contributed by atoms with Crippen molar-refractivity contribution < 1.29 is 9.53 Å². The van der Waals surface area contributed by atoms with E-state index in [1.54, 1.807) is 37.4 Å². The minimum Gasteiger partial charge on any atom is -0.495 e. The quantitative estimate of drug-likeness (QED) is 0.433. The zero-order valence-corrected chi connectivity index (χ0v) is 19.0. The number of halogens is 1. The molecule has 0 radical (unpaired) electrons. The van der Waals surface area contributed by atoms with Crippen LogP contribution in [-0.2, 0) is 4.79 Å². The number of rotatable bonds is 6. The molecule has 4 rings (SSSR count). The lowest BCUT2D eigenvalue weighted by molar-refractivity contribution is -0.120. The average molecular weight is 458 g/mol. The molecule has 1 aromatic heterocycles. The van der Waals surface area contributed by atoms with E-state index >= 15 is 0 Å². The fraction of sp³-hybridized carbons (Fsp3) is 0.348. The van der Waals surface area contributed by atoms with E-state index in [1.165, 1.54) is 16.3 Å². The van der Waals surface area contributed by atoms with E-state index in [2.05, 4.69) is 5.32 Å². The van der Waals surface area contributed by atoms with E-state index in [0.717, 1.165) is 25.7 Å². The molecule has 1 atom stereocenters. The fourth-order valence-corrected chi connectivity index (χ4v) is 4.94. The predicted molar refractivity (Wildman–Crippen MR) is 125 cm³/mol. The van der Waals surface area contributed by atoms with Crippen LogP contribution in [0.15, 0.2) is 52.4 Å². The second-order valence-corrected chi connectivity index (χ2v) is 9.36. The second kappa shape index (κ2) is 9.32. The minimum absolute atomic E-state index is 0.0519. The highest BCUT2D eigenvalue weighted by Crippen LogP contribution is 2.30. The maximum Gasteiger partial charge on any atom is 0.266 e. The van der Waals surface area contributed by atoms with Crippen molar-refractivity contribution in [2.75, 3.05) is 7.11 Å². The van der Waals surface area contributed by atoms with Crippen molar-refractivity contribution in [3.05, 3.63) is 57.8 Å². The molecule has 1 fully saturated rings. The van der Waals surface area contributed by atoms with Gasteiger partial charge in [-0.1, -0.05) is 48.3 Å². The van der Waals surface area contributed by atoms with Gasteiger partial charge < -0.3 is 10.1 Å². The first-order valence-corrected chi connectivity index (χ1v) is 11.6. The lowest BCUT2D eigenvalue weighted by atomic mass is 10.2. The Bertz CT molecular complexity index is 1170. The number of fused-ring (bicyclic) bond motifs is 1. The van der Waals surface area contributed by atoms with Crippen LogP contribution in [0.3, 0.4) is 0 Å². The molecule has 1 amide bonds. The van der Waals surface area contributed by atoms with E-state index in [-0.39, 0.29) is 17.5 Å². The van der Waals surface area contributed by atoms with Gasteiger partial charge in [-0.2, -0.15) is 0 Å². The summed E-state index contributed by atoms with van der Waals surface area (Å²) in [5.41, 5.74) is 0.830. The Balaban J connectivity index is 1.78. The molecular weight excluding hydrogens is 434 g/mol. The number of aromatic nitrogens is 2. The summed E-state index contributed by atoms with van der Waals surface area (Å²) in [6.07, 6.45) is 4.32. The number of para-hydroxylation sites is 2. The summed E-state index contributed by atoms with van der Waals surface area (Å²) < 4.78 is 7.00. The summed E-state index contributed by atoms with van der Waals surface area (Å²) >= 11 is 7.39. The molecule has 0 aliphatic heterocycles. The third-order valence-corrected chi connectivity index (χ3v) is 6.77. The maximum atomic E-state index is 13.5. The van der Waals surface area contributed by atoms with Gasteiger partial charge in [0.05, 0.1) is 29.0 Å². The zero-order valence-electron chi connectivity index (χ0n) is 17.4.